The number of rotatable bonds is 3. The van der Waals surface area contributed by atoms with Gasteiger partial charge in [0.25, 0.3) is 0 Å². The molecule has 0 aromatic heterocycles. The maximum Gasteiger partial charge on any atom is 0.119 e. The molecule has 0 aliphatic rings. The van der Waals surface area contributed by atoms with Crippen molar-refractivity contribution in [3.63, 3.8) is 0 Å². The first kappa shape index (κ1) is 10.5. The normalized spacial score (nSPS) is 13.8. The molecule has 0 saturated heterocycles. The van der Waals surface area contributed by atoms with Crippen LogP contribution in [0.15, 0.2) is 0 Å². The van der Waals surface area contributed by atoms with Gasteiger partial charge in [-0.15, -0.1) is 0 Å². The zero-order valence-corrected chi connectivity index (χ0v) is 7.76. The van der Waals surface area contributed by atoms with Gasteiger partial charge in [0.15, 0.2) is 0 Å². The van der Waals surface area contributed by atoms with Crippen LogP contribution in [0.2, 0.25) is 0 Å². The minimum absolute atomic E-state index is 0.773. The van der Waals surface area contributed by atoms with E-state index in [0.29, 0.717) is 0 Å². The molecule has 0 bridgehead atoms. The fourth-order valence-electron chi connectivity index (χ4n) is 0.180. The molecule has 8 N–H and O–H groups in total. The molecule has 10 heavy (non-hydrogen) atoms. The molecular weight excluding hydrogens is 168 g/mol. The van der Waals surface area contributed by atoms with Gasteiger partial charge in [0.1, 0.15) is 9.99 Å². The highest BCUT2D eigenvalue weighted by Gasteiger charge is 2.19. The molecule has 0 spiro atoms. The molecule has 6 heteroatoms. The first-order valence-electron chi connectivity index (χ1n) is 2.73. The topological polar surface area (TPSA) is 104 Å². The van der Waals surface area contributed by atoms with E-state index in [1.807, 2.05) is 0 Å². The minimum atomic E-state index is -0.773. The lowest BCUT2D eigenvalue weighted by Gasteiger charge is -2.23. The fraction of sp³-hybridized carbons (Fsp3) is 1.00. The molecule has 0 fully saturated rings. The molecule has 0 aliphatic heterocycles. The van der Waals surface area contributed by atoms with Gasteiger partial charge in [-0.25, -0.2) is 0 Å². The predicted molar refractivity (Wildman–Crippen MR) is 48.7 cm³/mol. The van der Waals surface area contributed by atoms with E-state index in [9.17, 15) is 0 Å². The summed E-state index contributed by atoms with van der Waals surface area (Å²) in [5, 5.41) is 0. The highest BCUT2D eigenvalue weighted by atomic mass is 33.1. The molecule has 0 atom stereocenters. The molecule has 0 heterocycles. The van der Waals surface area contributed by atoms with Gasteiger partial charge in [-0.2, -0.15) is 0 Å². The van der Waals surface area contributed by atoms with Gasteiger partial charge in [-0.05, 0) is 13.8 Å². The van der Waals surface area contributed by atoms with E-state index in [1.54, 1.807) is 13.8 Å². The summed E-state index contributed by atoms with van der Waals surface area (Å²) >= 11 is 0. The Labute approximate surface area is 68.8 Å². The highest BCUT2D eigenvalue weighted by molar-refractivity contribution is 8.77. The van der Waals surface area contributed by atoms with Crippen LogP contribution in [0, 0.1) is 0 Å². The second-order valence-corrected chi connectivity index (χ2v) is 5.63. The number of hydrogen-bond acceptors (Lipinski definition) is 6. The summed E-state index contributed by atoms with van der Waals surface area (Å²) in [6, 6.07) is 0. The summed E-state index contributed by atoms with van der Waals surface area (Å²) in [6.45, 7) is 3.38. The third kappa shape index (κ3) is 8.54. The van der Waals surface area contributed by atoms with E-state index in [1.165, 1.54) is 21.6 Å². The maximum absolute atomic E-state index is 5.45. The van der Waals surface area contributed by atoms with E-state index < -0.39 is 9.99 Å². The summed E-state index contributed by atoms with van der Waals surface area (Å²) in [5.41, 5.74) is 21.8. The number of nitrogens with two attached hydrogens (primary N) is 4. The lowest BCUT2D eigenvalue weighted by molar-refractivity contribution is 0.713. The van der Waals surface area contributed by atoms with Crippen LogP contribution in [-0.4, -0.2) is 9.99 Å². The van der Waals surface area contributed by atoms with Gasteiger partial charge >= 0.3 is 0 Å². The van der Waals surface area contributed by atoms with E-state index in [4.69, 9.17) is 22.9 Å². The van der Waals surface area contributed by atoms with Crippen molar-refractivity contribution < 1.29 is 0 Å². The fourth-order valence-corrected chi connectivity index (χ4v) is 1.62. The number of hydrogen-bond donors (Lipinski definition) is 4. The zero-order chi connectivity index (χ0) is 8.41. The maximum atomic E-state index is 5.45. The molecule has 0 aliphatic carbocycles. The SMILES string of the molecule is CC(N)(N)SSC(C)(N)N. The Morgan fingerprint density at radius 1 is 0.800 bits per heavy atom. The van der Waals surface area contributed by atoms with Gasteiger partial charge in [0.2, 0.25) is 0 Å². The average molecular weight is 182 g/mol. The van der Waals surface area contributed by atoms with Crippen molar-refractivity contribution in [1.29, 1.82) is 0 Å². The summed E-state index contributed by atoms with van der Waals surface area (Å²) in [6.07, 6.45) is 0. The van der Waals surface area contributed by atoms with E-state index >= 15 is 0 Å². The Kier molecular flexibility index (Phi) is 3.47. The van der Waals surface area contributed by atoms with Crippen molar-refractivity contribution in [3.8, 4) is 0 Å². The molecule has 0 aromatic rings. The van der Waals surface area contributed by atoms with Gasteiger partial charge in [0, 0.05) is 0 Å². The van der Waals surface area contributed by atoms with Crippen LogP contribution in [0.5, 0.6) is 0 Å². The van der Waals surface area contributed by atoms with Crippen LogP contribution < -0.4 is 22.9 Å². The molecule has 0 amide bonds. The van der Waals surface area contributed by atoms with Crippen LogP contribution in [0.1, 0.15) is 13.8 Å². The molecule has 0 saturated carbocycles. The van der Waals surface area contributed by atoms with Crippen molar-refractivity contribution in [3.05, 3.63) is 0 Å². The van der Waals surface area contributed by atoms with E-state index in [2.05, 4.69) is 0 Å². The third-order valence-electron chi connectivity index (χ3n) is 0.401. The molecule has 4 nitrogen and oxygen atoms in total. The first-order valence-corrected chi connectivity index (χ1v) is 4.88. The van der Waals surface area contributed by atoms with Crippen molar-refractivity contribution in [2.75, 3.05) is 0 Å². The lowest BCUT2D eigenvalue weighted by atomic mass is 10.6. The smallest absolute Gasteiger partial charge is 0.119 e. The summed E-state index contributed by atoms with van der Waals surface area (Å²) < 4.78 is 0. The van der Waals surface area contributed by atoms with Crippen LogP contribution >= 0.6 is 21.6 Å². The average Bonchev–Trinajstić information content (AvgIpc) is 1.57. The molecule has 0 unspecified atom stereocenters. The Bertz CT molecular complexity index is 88.8. The minimum Gasteiger partial charge on any atom is -0.304 e. The van der Waals surface area contributed by atoms with Gasteiger partial charge < -0.3 is 22.9 Å². The predicted octanol–water partition coefficient (Wildman–Crippen LogP) is -0.450. The standard InChI is InChI=1S/C4H14N4S2/c1-3(5,6)9-10-4(2,7)8/h5-8H2,1-2H3. The largest absolute Gasteiger partial charge is 0.304 e. The molecule has 62 valence electrons. The summed E-state index contributed by atoms with van der Waals surface area (Å²) in [5.74, 6) is 0. The van der Waals surface area contributed by atoms with E-state index in [0.717, 1.165) is 0 Å². The Balaban J connectivity index is 3.56. The molecule has 0 aromatic carbocycles. The molecular formula is C4H14N4S2. The van der Waals surface area contributed by atoms with Gasteiger partial charge in [-0.3, -0.25) is 0 Å². The van der Waals surface area contributed by atoms with Crippen LogP contribution in [0.25, 0.3) is 0 Å². The Hall–Kier alpha value is 0.540. The van der Waals surface area contributed by atoms with Crippen LogP contribution in [0.4, 0.5) is 0 Å². The van der Waals surface area contributed by atoms with Crippen molar-refractivity contribution in [2.45, 2.75) is 23.8 Å². The Morgan fingerprint density at radius 2 is 1.00 bits per heavy atom. The van der Waals surface area contributed by atoms with Crippen LogP contribution in [0.3, 0.4) is 0 Å². The summed E-state index contributed by atoms with van der Waals surface area (Å²) in [7, 11) is 2.53. The monoisotopic (exact) mass is 182 g/mol. The highest BCUT2D eigenvalue weighted by Crippen LogP contribution is 2.33. The van der Waals surface area contributed by atoms with Crippen molar-refractivity contribution in [1.82, 2.24) is 0 Å². The Morgan fingerprint density at radius 3 is 1.10 bits per heavy atom. The van der Waals surface area contributed by atoms with Gasteiger partial charge in [-0.1, -0.05) is 21.6 Å². The van der Waals surface area contributed by atoms with Gasteiger partial charge in [0.05, 0.1) is 0 Å². The van der Waals surface area contributed by atoms with Crippen molar-refractivity contribution >= 4 is 21.6 Å². The first-order chi connectivity index (χ1) is 4.21. The zero-order valence-electron chi connectivity index (χ0n) is 6.13. The lowest BCUT2D eigenvalue weighted by Crippen LogP contribution is -2.46. The van der Waals surface area contributed by atoms with E-state index in [-0.39, 0.29) is 0 Å². The molecule has 0 rings (SSSR count). The summed E-state index contributed by atoms with van der Waals surface area (Å²) in [4.78, 5) is -1.55. The second kappa shape index (κ2) is 3.29. The third-order valence-corrected chi connectivity index (χ3v) is 3.61. The quantitative estimate of drug-likeness (QED) is 0.348. The van der Waals surface area contributed by atoms with Crippen molar-refractivity contribution in [2.24, 2.45) is 22.9 Å². The molecule has 0 radical (unpaired) electrons. The second-order valence-electron chi connectivity index (χ2n) is 2.53. The van der Waals surface area contributed by atoms with Crippen LogP contribution in [-0.2, 0) is 0 Å².